The van der Waals surface area contributed by atoms with E-state index in [1.165, 1.54) is 12.3 Å². The zero-order valence-electron chi connectivity index (χ0n) is 9.85. The Kier molecular flexibility index (Phi) is 3.19. The summed E-state index contributed by atoms with van der Waals surface area (Å²) in [7, 11) is 1.08. The fourth-order valence-corrected chi connectivity index (χ4v) is 2.37. The second-order valence-corrected chi connectivity index (χ2v) is 4.13. The Morgan fingerprint density at radius 3 is 2.63 bits per heavy atom. The maximum absolute atomic E-state index is 11.7. The lowest BCUT2D eigenvalue weighted by Crippen LogP contribution is -2.50. The molecule has 0 N–H and O–H groups in total. The molecule has 2 rings (SSSR count). The summed E-state index contributed by atoms with van der Waals surface area (Å²) in [5.41, 5.74) is 0.284. The molecule has 0 saturated heterocycles. The number of furan rings is 1. The SMILES string of the molecule is COC(=O)C1c2ccoc2CC([N+](=O)[O-])C1[N+](=O)[O-]. The van der Waals surface area contributed by atoms with Gasteiger partial charge in [-0.1, -0.05) is 0 Å². The topological polar surface area (TPSA) is 126 Å². The Labute approximate surface area is 106 Å². The van der Waals surface area contributed by atoms with Gasteiger partial charge in [-0.05, 0) is 6.07 Å². The van der Waals surface area contributed by atoms with Crippen molar-refractivity contribution < 1.29 is 23.8 Å². The van der Waals surface area contributed by atoms with Gasteiger partial charge in [0, 0.05) is 15.4 Å². The molecule has 0 radical (unpaired) electrons. The summed E-state index contributed by atoms with van der Waals surface area (Å²) in [6.45, 7) is 0. The summed E-state index contributed by atoms with van der Waals surface area (Å²) < 4.78 is 9.57. The van der Waals surface area contributed by atoms with Gasteiger partial charge in [0.15, 0.2) is 5.92 Å². The minimum Gasteiger partial charge on any atom is -0.469 e. The molecule has 9 nitrogen and oxygen atoms in total. The van der Waals surface area contributed by atoms with E-state index in [1.54, 1.807) is 0 Å². The number of methoxy groups -OCH3 is 1. The van der Waals surface area contributed by atoms with Crippen LogP contribution in [0.5, 0.6) is 0 Å². The Morgan fingerprint density at radius 2 is 2.11 bits per heavy atom. The number of rotatable bonds is 3. The molecule has 0 amide bonds. The summed E-state index contributed by atoms with van der Waals surface area (Å²) >= 11 is 0. The van der Waals surface area contributed by atoms with Crippen molar-refractivity contribution in [2.45, 2.75) is 24.4 Å². The maximum atomic E-state index is 11.7. The van der Waals surface area contributed by atoms with Crippen molar-refractivity contribution in [3.8, 4) is 0 Å². The normalized spacial score (nSPS) is 25.4. The average molecular weight is 270 g/mol. The molecule has 0 aromatic carbocycles. The van der Waals surface area contributed by atoms with E-state index in [0.717, 1.165) is 7.11 Å². The number of ether oxygens (including phenoxy) is 1. The van der Waals surface area contributed by atoms with Crippen molar-refractivity contribution in [3.63, 3.8) is 0 Å². The Bertz CT molecular complexity index is 538. The van der Waals surface area contributed by atoms with Gasteiger partial charge in [-0.3, -0.25) is 25.0 Å². The van der Waals surface area contributed by atoms with Gasteiger partial charge in [-0.2, -0.15) is 0 Å². The van der Waals surface area contributed by atoms with E-state index in [4.69, 9.17) is 4.42 Å². The highest BCUT2D eigenvalue weighted by molar-refractivity contribution is 5.79. The van der Waals surface area contributed by atoms with Crippen LogP contribution in [0, 0.1) is 20.2 Å². The van der Waals surface area contributed by atoms with Gasteiger partial charge in [-0.25, -0.2) is 0 Å². The number of fused-ring (bicyclic) bond motifs is 1. The molecule has 0 fully saturated rings. The first-order valence-corrected chi connectivity index (χ1v) is 5.38. The van der Waals surface area contributed by atoms with E-state index in [9.17, 15) is 25.0 Å². The quantitative estimate of drug-likeness (QED) is 0.441. The van der Waals surface area contributed by atoms with Crippen LogP contribution >= 0.6 is 0 Å². The van der Waals surface area contributed by atoms with Crippen molar-refractivity contribution in [3.05, 3.63) is 43.9 Å². The first kappa shape index (κ1) is 13.0. The largest absolute Gasteiger partial charge is 0.469 e. The Balaban J connectivity index is 2.54. The van der Waals surface area contributed by atoms with Crippen LogP contribution in [0.1, 0.15) is 17.2 Å². The summed E-state index contributed by atoms with van der Waals surface area (Å²) in [5.74, 6) is -1.98. The highest BCUT2D eigenvalue weighted by atomic mass is 16.6. The summed E-state index contributed by atoms with van der Waals surface area (Å²) in [6.07, 6.45) is 1.04. The zero-order valence-corrected chi connectivity index (χ0v) is 9.85. The lowest BCUT2D eigenvalue weighted by molar-refractivity contribution is -0.620. The lowest BCUT2D eigenvalue weighted by Gasteiger charge is -2.25. The van der Waals surface area contributed by atoms with Crippen molar-refractivity contribution >= 4 is 5.97 Å². The first-order chi connectivity index (χ1) is 8.97. The molecule has 0 saturated carbocycles. The van der Waals surface area contributed by atoms with Crippen LogP contribution in [0.25, 0.3) is 0 Å². The summed E-state index contributed by atoms with van der Waals surface area (Å²) in [6, 6.07) is -1.77. The molecule has 3 atom stereocenters. The standard InChI is InChI=1S/C10H10N2O7/c1-18-10(13)8-5-2-3-19-7(5)4-6(11(14)15)9(8)12(16)17/h2-3,6,8-9H,4H2,1H3. The van der Waals surface area contributed by atoms with Crippen molar-refractivity contribution in [2.75, 3.05) is 7.11 Å². The van der Waals surface area contributed by atoms with Gasteiger partial charge in [0.1, 0.15) is 5.76 Å². The van der Waals surface area contributed by atoms with Crippen molar-refractivity contribution in [1.82, 2.24) is 0 Å². The van der Waals surface area contributed by atoms with Gasteiger partial charge >= 0.3 is 5.97 Å². The van der Waals surface area contributed by atoms with Crippen molar-refractivity contribution in [2.24, 2.45) is 0 Å². The van der Waals surface area contributed by atoms with E-state index in [-0.39, 0.29) is 17.7 Å². The predicted molar refractivity (Wildman–Crippen MR) is 58.7 cm³/mol. The molecule has 3 unspecified atom stereocenters. The predicted octanol–water partition coefficient (Wildman–Crippen LogP) is 0.383. The number of nitro groups is 2. The highest BCUT2D eigenvalue weighted by Gasteiger charge is 2.56. The maximum Gasteiger partial charge on any atom is 0.320 e. The highest BCUT2D eigenvalue weighted by Crippen LogP contribution is 2.36. The molecular weight excluding hydrogens is 260 g/mol. The average Bonchev–Trinajstić information content (AvgIpc) is 2.82. The smallest absolute Gasteiger partial charge is 0.320 e. The second kappa shape index (κ2) is 4.67. The van der Waals surface area contributed by atoms with Crippen LogP contribution in [0.4, 0.5) is 0 Å². The van der Waals surface area contributed by atoms with Gasteiger partial charge < -0.3 is 9.15 Å². The second-order valence-electron chi connectivity index (χ2n) is 4.13. The van der Waals surface area contributed by atoms with Crippen LogP contribution < -0.4 is 0 Å². The first-order valence-electron chi connectivity index (χ1n) is 5.38. The summed E-state index contributed by atoms with van der Waals surface area (Å²) in [4.78, 5) is 32.2. The van der Waals surface area contributed by atoms with Crippen LogP contribution in [-0.4, -0.2) is 35.0 Å². The van der Waals surface area contributed by atoms with Gasteiger partial charge in [-0.15, -0.1) is 0 Å². The fraction of sp³-hybridized carbons (Fsp3) is 0.500. The number of carbonyl (C=O) groups is 1. The minimum absolute atomic E-state index is 0.214. The number of hydrogen-bond donors (Lipinski definition) is 0. The monoisotopic (exact) mass is 270 g/mol. The van der Waals surface area contributed by atoms with Crippen molar-refractivity contribution in [1.29, 1.82) is 0 Å². The molecule has 0 aliphatic heterocycles. The molecule has 9 heteroatoms. The zero-order chi connectivity index (χ0) is 14.2. The lowest BCUT2D eigenvalue weighted by atomic mass is 9.80. The fourth-order valence-electron chi connectivity index (χ4n) is 2.37. The third kappa shape index (κ3) is 2.02. The molecule has 102 valence electrons. The van der Waals surface area contributed by atoms with Crippen LogP contribution in [0.3, 0.4) is 0 Å². The Morgan fingerprint density at radius 1 is 1.42 bits per heavy atom. The number of hydrogen-bond acceptors (Lipinski definition) is 7. The van der Waals surface area contributed by atoms with Crippen LogP contribution in [0.2, 0.25) is 0 Å². The van der Waals surface area contributed by atoms with Crippen LogP contribution in [0.15, 0.2) is 16.7 Å². The van der Waals surface area contributed by atoms with Crippen LogP contribution in [-0.2, 0) is 16.0 Å². The summed E-state index contributed by atoms with van der Waals surface area (Å²) in [5, 5.41) is 22.1. The molecule has 1 aromatic rings. The van der Waals surface area contributed by atoms with E-state index >= 15 is 0 Å². The van der Waals surface area contributed by atoms with Gasteiger partial charge in [0.2, 0.25) is 0 Å². The Hall–Kier alpha value is -2.45. The molecule has 1 aromatic heterocycles. The molecule has 0 bridgehead atoms. The van der Waals surface area contributed by atoms with E-state index in [2.05, 4.69) is 4.74 Å². The molecular formula is C10H10N2O7. The van der Waals surface area contributed by atoms with Gasteiger partial charge in [0.05, 0.1) is 19.8 Å². The number of esters is 1. The van der Waals surface area contributed by atoms with Gasteiger partial charge in [0.25, 0.3) is 12.1 Å². The third-order valence-electron chi connectivity index (χ3n) is 3.21. The molecule has 0 spiro atoms. The van der Waals surface area contributed by atoms with E-state index in [0.29, 0.717) is 0 Å². The van der Waals surface area contributed by atoms with E-state index < -0.39 is 33.8 Å². The molecule has 1 aliphatic rings. The molecule has 1 heterocycles. The van der Waals surface area contributed by atoms with E-state index in [1.807, 2.05) is 0 Å². The number of nitrogens with zero attached hydrogens (tertiary/aromatic N) is 2. The number of carbonyl (C=O) groups excluding carboxylic acids is 1. The molecule has 1 aliphatic carbocycles. The minimum atomic E-state index is -1.66. The third-order valence-corrected chi connectivity index (χ3v) is 3.21. The molecule has 19 heavy (non-hydrogen) atoms.